The topological polar surface area (TPSA) is 76.7 Å². The number of aromatic nitrogens is 3. The second kappa shape index (κ2) is 5.32. The molecule has 2 aromatic rings. The molecule has 0 radical (unpaired) electrons. The molecule has 3 N–H and O–H groups in total. The second-order valence-electron chi connectivity index (χ2n) is 4.60. The zero-order valence-electron chi connectivity index (χ0n) is 11.8. The first-order valence-electron chi connectivity index (χ1n) is 6.35. The Hall–Kier alpha value is -2.01. The van der Waals surface area contributed by atoms with Gasteiger partial charge in [0.2, 0.25) is 0 Å². The number of nitrogens with zero attached hydrogens (tertiary/aromatic N) is 3. The van der Waals surface area contributed by atoms with Crippen molar-refractivity contribution in [2.24, 2.45) is 5.84 Å². The number of aryl methyl sites for hydroxylation is 3. The fourth-order valence-corrected chi connectivity index (χ4v) is 2.14. The number of nitrogens with one attached hydrogen (secondary N) is 1. The summed E-state index contributed by atoms with van der Waals surface area (Å²) in [4.78, 5) is 13.5. The molecule has 2 rings (SSSR count). The normalized spacial score (nSPS) is 10.6. The first-order chi connectivity index (χ1) is 9.05. The van der Waals surface area contributed by atoms with Crippen LogP contribution in [0.5, 0.6) is 0 Å². The fraction of sp³-hybridized carbons (Fsp3) is 0.357. The molecule has 0 aliphatic rings. The van der Waals surface area contributed by atoms with E-state index in [1.807, 2.05) is 32.9 Å². The highest BCUT2D eigenvalue weighted by molar-refractivity contribution is 5.60. The number of hydrogen-bond donors (Lipinski definition) is 2. The molecule has 0 fully saturated rings. The molecule has 0 saturated carbocycles. The summed E-state index contributed by atoms with van der Waals surface area (Å²) < 4.78 is 0. The van der Waals surface area contributed by atoms with E-state index in [4.69, 9.17) is 5.84 Å². The first-order valence-corrected chi connectivity index (χ1v) is 6.35. The van der Waals surface area contributed by atoms with E-state index in [-0.39, 0.29) is 0 Å². The maximum Gasteiger partial charge on any atom is 0.161 e. The highest BCUT2D eigenvalue weighted by Crippen LogP contribution is 2.22. The van der Waals surface area contributed by atoms with Crippen molar-refractivity contribution < 1.29 is 0 Å². The molecule has 2 heterocycles. The molecule has 0 atom stereocenters. The fourth-order valence-electron chi connectivity index (χ4n) is 2.14. The molecule has 0 spiro atoms. The lowest BCUT2D eigenvalue weighted by molar-refractivity contribution is 0.971. The van der Waals surface area contributed by atoms with Gasteiger partial charge in [0.25, 0.3) is 0 Å². The van der Waals surface area contributed by atoms with E-state index in [0.717, 1.165) is 34.6 Å². The van der Waals surface area contributed by atoms with Gasteiger partial charge in [-0.3, -0.25) is 4.98 Å². The van der Waals surface area contributed by atoms with Crippen LogP contribution in [0.4, 0.5) is 5.82 Å². The summed E-state index contributed by atoms with van der Waals surface area (Å²) in [5.41, 5.74) is 7.53. The van der Waals surface area contributed by atoms with Gasteiger partial charge in [0, 0.05) is 28.2 Å². The quantitative estimate of drug-likeness (QED) is 0.651. The van der Waals surface area contributed by atoms with Crippen LogP contribution in [0.2, 0.25) is 0 Å². The van der Waals surface area contributed by atoms with Crippen molar-refractivity contribution in [2.45, 2.75) is 34.1 Å². The summed E-state index contributed by atoms with van der Waals surface area (Å²) >= 11 is 0. The van der Waals surface area contributed by atoms with Gasteiger partial charge in [0.15, 0.2) is 5.82 Å². The SMILES string of the molecule is CCc1nc(-c2cc(C)nc(C)c2)nc(NN)c1C. The Balaban J connectivity index is 2.61. The number of hydrazine groups is 1. The van der Waals surface area contributed by atoms with Crippen LogP contribution < -0.4 is 11.3 Å². The molecular formula is C14H19N5. The number of nitrogens with two attached hydrogens (primary N) is 1. The summed E-state index contributed by atoms with van der Waals surface area (Å²) in [5, 5.41) is 0. The standard InChI is InChI=1S/C14H19N5/c1-5-12-10(4)13(19-15)18-14(17-12)11-6-8(2)16-9(3)7-11/h6-7H,5,15H2,1-4H3,(H,17,18,19). The van der Waals surface area contributed by atoms with Crippen molar-refractivity contribution >= 4 is 5.82 Å². The zero-order valence-corrected chi connectivity index (χ0v) is 11.8. The largest absolute Gasteiger partial charge is 0.308 e. The minimum atomic E-state index is 0.675. The summed E-state index contributed by atoms with van der Waals surface area (Å²) in [6, 6.07) is 3.97. The third-order valence-electron chi connectivity index (χ3n) is 3.06. The molecule has 0 bridgehead atoms. The maximum absolute atomic E-state index is 5.53. The van der Waals surface area contributed by atoms with Crippen LogP contribution in [-0.4, -0.2) is 15.0 Å². The molecule has 5 nitrogen and oxygen atoms in total. The van der Waals surface area contributed by atoms with Gasteiger partial charge >= 0.3 is 0 Å². The van der Waals surface area contributed by atoms with E-state index >= 15 is 0 Å². The lowest BCUT2D eigenvalue weighted by Gasteiger charge is -2.11. The van der Waals surface area contributed by atoms with Crippen LogP contribution >= 0.6 is 0 Å². The Kier molecular flexibility index (Phi) is 3.76. The van der Waals surface area contributed by atoms with Gasteiger partial charge in [-0.05, 0) is 39.3 Å². The summed E-state index contributed by atoms with van der Waals surface area (Å²) in [6.45, 7) is 7.98. The molecule has 0 aliphatic carbocycles. The van der Waals surface area contributed by atoms with Gasteiger partial charge in [-0.1, -0.05) is 6.92 Å². The lowest BCUT2D eigenvalue weighted by Crippen LogP contribution is -2.13. The van der Waals surface area contributed by atoms with Crippen LogP contribution in [0.1, 0.15) is 29.6 Å². The molecular weight excluding hydrogens is 238 g/mol. The number of hydrogen-bond acceptors (Lipinski definition) is 5. The van der Waals surface area contributed by atoms with Crippen molar-refractivity contribution in [2.75, 3.05) is 5.43 Å². The minimum absolute atomic E-state index is 0.675. The first kappa shape index (κ1) is 13.4. The van der Waals surface area contributed by atoms with Gasteiger partial charge < -0.3 is 5.43 Å². The van der Waals surface area contributed by atoms with E-state index in [1.165, 1.54) is 0 Å². The Bertz CT molecular complexity index is 562. The number of pyridine rings is 1. The molecule has 0 unspecified atom stereocenters. The Morgan fingerprint density at radius 1 is 1.05 bits per heavy atom. The maximum atomic E-state index is 5.53. The number of anilines is 1. The van der Waals surface area contributed by atoms with Gasteiger partial charge in [0.05, 0.1) is 0 Å². The molecule has 0 saturated heterocycles. The highest BCUT2D eigenvalue weighted by Gasteiger charge is 2.11. The Morgan fingerprint density at radius 3 is 2.21 bits per heavy atom. The molecule has 0 aromatic carbocycles. The summed E-state index contributed by atoms with van der Waals surface area (Å²) in [7, 11) is 0. The summed E-state index contributed by atoms with van der Waals surface area (Å²) in [6.07, 6.45) is 0.846. The number of nitrogen functional groups attached to an aromatic ring is 1. The third kappa shape index (κ3) is 2.71. The average Bonchev–Trinajstić information content (AvgIpc) is 2.37. The Morgan fingerprint density at radius 2 is 1.68 bits per heavy atom. The Labute approximate surface area is 113 Å². The van der Waals surface area contributed by atoms with Crippen molar-refractivity contribution in [1.82, 2.24) is 15.0 Å². The molecule has 5 heteroatoms. The van der Waals surface area contributed by atoms with E-state index in [2.05, 4.69) is 27.3 Å². The van der Waals surface area contributed by atoms with Gasteiger partial charge in [-0.15, -0.1) is 0 Å². The predicted octanol–water partition coefficient (Wildman–Crippen LogP) is 2.31. The number of rotatable bonds is 3. The van der Waals surface area contributed by atoms with Crippen LogP contribution in [-0.2, 0) is 6.42 Å². The van der Waals surface area contributed by atoms with Gasteiger partial charge in [-0.25, -0.2) is 15.8 Å². The van der Waals surface area contributed by atoms with Gasteiger partial charge in [-0.2, -0.15) is 0 Å². The third-order valence-corrected chi connectivity index (χ3v) is 3.06. The van der Waals surface area contributed by atoms with Crippen LogP contribution in [0, 0.1) is 20.8 Å². The average molecular weight is 257 g/mol. The molecule has 19 heavy (non-hydrogen) atoms. The van der Waals surface area contributed by atoms with Crippen molar-refractivity contribution in [3.05, 3.63) is 34.8 Å². The molecule has 0 aliphatic heterocycles. The summed E-state index contributed by atoms with van der Waals surface area (Å²) in [5.74, 6) is 6.89. The monoisotopic (exact) mass is 257 g/mol. The second-order valence-corrected chi connectivity index (χ2v) is 4.60. The van der Waals surface area contributed by atoms with E-state index < -0.39 is 0 Å². The van der Waals surface area contributed by atoms with Crippen LogP contribution in [0.25, 0.3) is 11.4 Å². The van der Waals surface area contributed by atoms with Crippen molar-refractivity contribution in [3.8, 4) is 11.4 Å². The van der Waals surface area contributed by atoms with Crippen LogP contribution in [0.15, 0.2) is 12.1 Å². The lowest BCUT2D eigenvalue weighted by atomic mass is 10.1. The van der Waals surface area contributed by atoms with E-state index in [0.29, 0.717) is 11.6 Å². The van der Waals surface area contributed by atoms with Crippen LogP contribution in [0.3, 0.4) is 0 Å². The van der Waals surface area contributed by atoms with Crippen molar-refractivity contribution in [1.29, 1.82) is 0 Å². The van der Waals surface area contributed by atoms with E-state index in [1.54, 1.807) is 0 Å². The highest BCUT2D eigenvalue weighted by atomic mass is 15.3. The van der Waals surface area contributed by atoms with Crippen molar-refractivity contribution in [3.63, 3.8) is 0 Å². The zero-order chi connectivity index (χ0) is 14.0. The molecule has 100 valence electrons. The smallest absolute Gasteiger partial charge is 0.161 e. The van der Waals surface area contributed by atoms with Gasteiger partial charge in [0.1, 0.15) is 5.82 Å². The van der Waals surface area contributed by atoms with E-state index in [9.17, 15) is 0 Å². The molecule has 2 aromatic heterocycles. The minimum Gasteiger partial charge on any atom is -0.308 e. The molecule has 0 amide bonds. The predicted molar refractivity (Wildman–Crippen MR) is 76.7 cm³/mol.